The molecule has 1 spiro atoms. The number of esters is 1. The molecule has 29 heavy (non-hydrogen) atoms. The first-order valence-corrected chi connectivity index (χ1v) is 10.3. The van der Waals surface area contributed by atoms with Gasteiger partial charge in [-0.1, -0.05) is 45.9 Å². The topological polar surface area (TPSA) is 46.5 Å². The molecule has 3 nitrogen and oxygen atoms in total. The fraction of sp³-hybridized carbons (Fsp3) is 0.423. The van der Waals surface area contributed by atoms with Crippen LogP contribution in [0.3, 0.4) is 0 Å². The Morgan fingerprint density at radius 2 is 1.48 bits per heavy atom. The first kappa shape index (κ1) is 19.8. The fourth-order valence-electron chi connectivity index (χ4n) is 5.68. The molecular formula is C26H30O3. The first-order valence-electron chi connectivity index (χ1n) is 10.3. The van der Waals surface area contributed by atoms with E-state index in [0.717, 1.165) is 12.8 Å². The van der Waals surface area contributed by atoms with Crippen LogP contribution in [-0.4, -0.2) is 11.1 Å². The van der Waals surface area contributed by atoms with Crippen LogP contribution in [0.2, 0.25) is 0 Å². The van der Waals surface area contributed by atoms with Gasteiger partial charge in [-0.25, -0.2) is 4.79 Å². The van der Waals surface area contributed by atoms with Gasteiger partial charge in [0.05, 0.1) is 0 Å². The minimum atomic E-state index is -0.316. The summed E-state index contributed by atoms with van der Waals surface area (Å²) < 4.78 is 5.67. The third-order valence-electron chi connectivity index (χ3n) is 6.94. The molecule has 0 saturated heterocycles. The van der Waals surface area contributed by atoms with Gasteiger partial charge in [0.1, 0.15) is 11.5 Å². The standard InChI is InChI=1S/C26H30O3/c1-7-16(2)23(28)29-18-9-11-20-22(13-18)26(15-25(20,5)6)14-24(3,4)19-10-8-17(27)12-21(19)26/h7-13,27H,14-15H2,1-6H3. The molecule has 1 unspecified atom stereocenters. The van der Waals surface area contributed by atoms with E-state index in [-0.39, 0.29) is 22.2 Å². The Balaban J connectivity index is 1.89. The van der Waals surface area contributed by atoms with Gasteiger partial charge in [-0.15, -0.1) is 0 Å². The lowest BCUT2D eigenvalue weighted by molar-refractivity contribution is -0.130. The fourth-order valence-corrected chi connectivity index (χ4v) is 5.68. The predicted molar refractivity (Wildman–Crippen MR) is 116 cm³/mol. The van der Waals surface area contributed by atoms with E-state index >= 15 is 0 Å². The molecule has 1 atom stereocenters. The molecule has 2 aromatic carbocycles. The molecule has 152 valence electrons. The van der Waals surface area contributed by atoms with Crippen LogP contribution >= 0.6 is 0 Å². The minimum Gasteiger partial charge on any atom is -0.508 e. The zero-order valence-corrected chi connectivity index (χ0v) is 18.2. The van der Waals surface area contributed by atoms with E-state index in [0.29, 0.717) is 17.1 Å². The Morgan fingerprint density at radius 1 is 0.931 bits per heavy atom. The van der Waals surface area contributed by atoms with Crippen LogP contribution < -0.4 is 4.74 Å². The van der Waals surface area contributed by atoms with E-state index in [2.05, 4.69) is 45.9 Å². The maximum absolute atomic E-state index is 12.3. The molecule has 0 amide bonds. The maximum Gasteiger partial charge on any atom is 0.338 e. The highest BCUT2D eigenvalue weighted by molar-refractivity contribution is 5.89. The number of aromatic hydroxyl groups is 1. The molecule has 3 heteroatoms. The normalized spacial score (nSPS) is 23.7. The molecule has 0 radical (unpaired) electrons. The molecule has 0 aliphatic heterocycles. The Labute approximate surface area is 173 Å². The molecular weight excluding hydrogens is 360 g/mol. The second-order valence-electron chi connectivity index (χ2n) is 10.0. The molecule has 4 rings (SSSR count). The number of carbonyl (C=O) groups excluding carboxylic acids is 1. The van der Waals surface area contributed by atoms with Crippen molar-refractivity contribution in [3.63, 3.8) is 0 Å². The average Bonchev–Trinajstić information content (AvgIpc) is 3.00. The Kier molecular flexibility index (Phi) is 4.24. The largest absolute Gasteiger partial charge is 0.508 e. The third kappa shape index (κ3) is 2.90. The number of ether oxygens (including phenoxy) is 1. The second-order valence-corrected chi connectivity index (χ2v) is 10.0. The third-order valence-corrected chi connectivity index (χ3v) is 6.94. The summed E-state index contributed by atoms with van der Waals surface area (Å²) in [5.41, 5.74) is 5.45. The van der Waals surface area contributed by atoms with Crippen molar-refractivity contribution in [2.75, 3.05) is 0 Å². The highest BCUT2D eigenvalue weighted by Gasteiger charge is 2.56. The number of phenols is 1. The number of allylic oxidation sites excluding steroid dienone is 1. The number of hydrogen-bond donors (Lipinski definition) is 1. The molecule has 2 aliphatic rings. The van der Waals surface area contributed by atoms with Gasteiger partial charge >= 0.3 is 5.97 Å². The predicted octanol–water partition coefficient (Wildman–Crippen LogP) is 5.91. The number of hydrogen-bond acceptors (Lipinski definition) is 3. The van der Waals surface area contributed by atoms with Gasteiger partial charge in [0.25, 0.3) is 0 Å². The van der Waals surface area contributed by atoms with Gasteiger partial charge in [0.2, 0.25) is 0 Å². The quantitative estimate of drug-likeness (QED) is 0.394. The van der Waals surface area contributed by atoms with E-state index in [1.165, 1.54) is 22.3 Å². The van der Waals surface area contributed by atoms with Crippen LogP contribution in [0.4, 0.5) is 0 Å². The minimum absolute atomic E-state index is 0.000259. The molecule has 0 bridgehead atoms. The van der Waals surface area contributed by atoms with Crippen LogP contribution in [-0.2, 0) is 21.0 Å². The first-order chi connectivity index (χ1) is 13.5. The summed E-state index contributed by atoms with van der Waals surface area (Å²) in [6, 6.07) is 11.9. The van der Waals surface area contributed by atoms with E-state index in [4.69, 9.17) is 4.74 Å². The number of phenolic OH excluding ortho intramolecular Hbond substituents is 1. The summed E-state index contributed by atoms with van der Waals surface area (Å²) in [7, 11) is 0. The van der Waals surface area contributed by atoms with E-state index in [1.807, 2.05) is 19.1 Å². The van der Waals surface area contributed by atoms with Crippen molar-refractivity contribution in [3.05, 3.63) is 70.3 Å². The number of fused-ring (bicyclic) bond motifs is 4. The molecule has 0 heterocycles. The lowest BCUT2D eigenvalue weighted by atomic mass is 9.72. The van der Waals surface area contributed by atoms with Crippen molar-refractivity contribution in [2.45, 2.75) is 70.6 Å². The second kappa shape index (κ2) is 6.22. The Morgan fingerprint density at radius 3 is 2.07 bits per heavy atom. The number of carbonyl (C=O) groups is 1. The summed E-state index contributed by atoms with van der Waals surface area (Å²) in [4.78, 5) is 12.3. The van der Waals surface area contributed by atoms with E-state index in [9.17, 15) is 9.90 Å². The summed E-state index contributed by atoms with van der Waals surface area (Å²) in [5.74, 6) is 0.570. The number of benzene rings is 2. The average molecular weight is 391 g/mol. The maximum atomic E-state index is 12.3. The molecule has 2 aromatic rings. The lowest BCUT2D eigenvalue weighted by Gasteiger charge is -2.30. The van der Waals surface area contributed by atoms with Crippen molar-refractivity contribution in [3.8, 4) is 11.5 Å². The van der Waals surface area contributed by atoms with Crippen LogP contribution in [0.25, 0.3) is 0 Å². The van der Waals surface area contributed by atoms with Crippen molar-refractivity contribution in [1.29, 1.82) is 0 Å². The molecule has 1 N–H and O–H groups in total. The van der Waals surface area contributed by atoms with Gasteiger partial charge in [0.15, 0.2) is 0 Å². The highest BCUT2D eigenvalue weighted by atomic mass is 16.5. The Hall–Kier alpha value is -2.55. The van der Waals surface area contributed by atoms with Gasteiger partial charge in [0, 0.05) is 11.0 Å². The number of rotatable bonds is 2. The zero-order valence-electron chi connectivity index (χ0n) is 18.2. The molecule has 2 aliphatic carbocycles. The monoisotopic (exact) mass is 390 g/mol. The van der Waals surface area contributed by atoms with Crippen LogP contribution in [0.15, 0.2) is 48.0 Å². The van der Waals surface area contributed by atoms with Gasteiger partial charge in [-0.2, -0.15) is 0 Å². The van der Waals surface area contributed by atoms with Crippen LogP contribution in [0.1, 0.15) is 76.6 Å². The summed E-state index contributed by atoms with van der Waals surface area (Å²) in [5, 5.41) is 10.3. The van der Waals surface area contributed by atoms with Crippen molar-refractivity contribution < 1.29 is 14.6 Å². The summed E-state index contributed by atoms with van der Waals surface area (Å²) in [6.07, 6.45) is 3.71. The van der Waals surface area contributed by atoms with Crippen molar-refractivity contribution in [1.82, 2.24) is 0 Å². The Bertz CT molecular complexity index is 1040. The van der Waals surface area contributed by atoms with Gasteiger partial charge in [-0.3, -0.25) is 0 Å². The smallest absolute Gasteiger partial charge is 0.338 e. The van der Waals surface area contributed by atoms with Crippen molar-refractivity contribution in [2.24, 2.45) is 0 Å². The van der Waals surface area contributed by atoms with Gasteiger partial charge in [-0.05, 0) is 84.0 Å². The van der Waals surface area contributed by atoms with Crippen LogP contribution in [0.5, 0.6) is 11.5 Å². The van der Waals surface area contributed by atoms with E-state index < -0.39 is 0 Å². The molecule has 0 fully saturated rings. The van der Waals surface area contributed by atoms with E-state index in [1.54, 1.807) is 19.1 Å². The van der Waals surface area contributed by atoms with Crippen LogP contribution in [0, 0.1) is 0 Å². The zero-order chi connectivity index (χ0) is 21.2. The molecule has 0 saturated carbocycles. The van der Waals surface area contributed by atoms with Gasteiger partial charge < -0.3 is 9.84 Å². The SMILES string of the molecule is CC=C(C)C(=O)Oc1ccc2c(c1)C1(CC(C)(C)c3ccc(O)cc31)CC2(C)C. The summed E-state index contributed by atoms with van der Waals surface area (Å²) >= 11 is 0. The summed E-state index contributed by atoms with van der Waals surface area (Å²) in [6.45, 7) is 12.7. The molecule has 0 aromatic heterocycles. The lowest BCUT2D eigenvalue weighted by Crippen LogP contribution is -2.27. The van der Waals surface area contributed by atoms with Crippen molar-refractivity contribution >= 4 is 5.97 Å². The highest BCUT2D eigenvalue weighted by Crippen LogP contribution is 2.63.